The second kappa shape index (κ2) is 6.59. The van der Waals surface area contributed by atoms with Gasteiger partial charge in [-0.25, -0.2) is 4.79 Å². The van der Waals surface area contributed by atoms with Crippen molar-refractivity contribution in [1.29, 1.82) is 0 Å². The van der Waals surface area contributed by atoms with Crippen LogP contribution in [0.5, 0.6) is 0 Å². The largest absolute Gasteiger partial charge is 0.339 e. The van der Waals surface area contributed by atoms with Crippen LogP contribution < -0.4 is 11.2 Å². The summed E-state index contributed by atoms with van der Waals surface area (Å²) in [4.78, 5) is 52.3. The van der Waals surface area contributed by atoms with Crippen LogP contribution in [0.1, 0.15) is 20.3 Å². The van der Waals surface area contributed by atoms with E-state index in [1.54, 1.807) is 16.7 Å². The number of piperazine rings is 1. The van der Waals surface area contributed by atoms with E-state index in [0.29, 0.717) is 19.6 Å². The topological polar surface area (TPSA) is 95.5 Å². The van der Waals surface area contributed by atoms with Crippen molar-refractivity contribution in [3.63, 3.8) is 0 Å². The van der Waals surface area contributed by atoms with Crippen LogP contribution in [0, 0.1) is 0 Å². The van der Waals surface area contributed by atoms with Crippen LogP contribution in [0.25, 0.3) is 0 Å². The second-order valence-electron chi connectivity index (χ2n) is 5.23. The molecule has 1 aliphatic heterocycles. The van der Waals surface area contributed by atoms with Crippen molar-refractivity contribution in [3.8, 4) is 0 Å². The molecule has 1 N–H and O–H groups in total. The van der Waals surface area contributed by atoms with Gasteiger partial charge in [-0.1, -0.05) is 0 Å². The lowest BCUT2D eigenvalue weighted by molar-refractivity contribution is -0.150. The number of H-pyrrole nitrogens is 1. The van der Waals surface area contributed by atoms with E-state index < -0.39 is 17.3 Å². The maximum Gasteiger partial charge on any atom is 0.328 e. The van der Waals surface area contributed by atoms with Crippen molar-refractivity contribution < 1.29 is 9.59 Å². The molecule has 0 radical (unpaired) electrons. The third-order valence-electron chi connectivity index (χ3n) is 3.91. The fraction of sp³-hybridized carbons (Fsp3) is 0.571. The van der Waals surface area contributed by atoms with Crippen LogP contribution in [-0.2, 0) is 16.1 Å². The van der Waals surface area contributed by atoms with Crippen LogP contribution in [0.4, 0.5) is 0 Å². The fourth-order valence-electron chi connectivity index (χ4n) is 2.56. The van der Waals surface area contributed by atoms with Crippen molar-refractivity contribution in [2.75, 3.05) is 19.6 Å². The normalized spacial score (nSPS) is 18.6. The minimum atomic E-state index is -0.541. The van der Waals surface area contributed by atoms with E-state index in [0.717, 1.165) is 0 Å². The molecule has 1 aromatic heterocycles. The highest BCUT2D eigenvalue weighted by atomic mass is 16.2. The number of aryl methyl sites for hydroxylation is 1. The standard InChI is InChI=1S/C14H20N4O4/c1-3-16-8-9-18(10(2)13(16)21)12(20)5-7-17-6-4-11(19)15-14(17)22/h4,6,10H,3,5,7-9H2,1-2H3,(H,15,19,22). The Morgan fingerprint density at radius 3 is 2.68 bits per heavy atom. The predicted molar refractivity (Wildman–Crippen MR) is 79.4 cm³/mol. The first kappa shape index (κ1) is 16.0. The molecule has 22 heavy (non-hydrogen) atoms. The number of hydrogen-bond donors (Lipinski definition) is 1. The van der Waals surface area contributed by atoms with Crippen LogP contribution in [0.15, 0.2) is 21.9 Å². The Morgan fingerprint density at radius 2 is 2.05 bits per heavy atom. The van der Waals surface area contributed by atoms with E-state index in [9.17, 15) is 19.2 Å². The summed E-state index contributed by atoms with van der Waals surface area (Å²) >= 11 is 0. The number of nitrogens with one attached hydrogen (secondary N) is 1. The molecule has 8 heteroatoms. The molecule has 1 saturated heterocycles. The number of nitrogens with zero attached hydrogens (tertiary/aromatic N) is 3. The zero-order valence-electron chi connectivity index (χ0n) is 12.7. The SMILES string of the molecule is CCN1CCN(C(=O)CCn2ccc(=O)[nH]c2=O)C(C)C1=O. The minimum Gasteiger partial charge on any atom is -0.339 e. The lowest BCUT2D eigenvalue weighted by atomic mass is 10.1. The van der Waals surface area contributed by atoms with E-state index in [-0.39, 0.29) is 24.8 Å². The number of hydrogen-bond acceptors (Lipinski definition) is 4. The lowest BCUT2D eigenvalue weighted by Crippen LogP contribution is -2.57. The summed E-state index contributed by atoms with van der Waals surface area (Å²) in [5, 5.41) is 0. The van der Waals surface area contributed by atoms with E-state index in [4.69, 9.17) is 0 Å². The van der Waals surface area contributed by atoms with Crippen molar-refractivity contribution in [3.05, 3.63) is 33.1 Å². The Labute approximate surface area is 127 Å². The number of carbonyl (C=O) groups is 2. The molecule has 0 aliphatic carbocycles. The van der Waals surface area contributed by atoms with Gasteiger partial charge in [-0.2, -0.15) is 0 Å². The number of carbonyl (C=O) groups excluding carboxylic acids is 2. The Balaban J connectivity index is 1.99. The van der Waals surface area contributed by atoms with Crippen LogP contribution in [0.3, 0.4) is 0 Å². The smallest absolute Gasteiger partial charge is 0.328 e. The molecule has 1 aromatic rings. The van der Waals surface area contributed by atoms with Gasteiger partial charge in [-0.3, -0.25) is 19.4 Å². The maximum atomic E-state index is 12.3. The average Bonchev–Trinajstić information content (AvgIpc) is 2.48. The summed E-state index contributed by atoms with van der Waals surface area (Å²) in [6, 6.07) is 0.756. The highest BCUT2D eigenvalue weighted by Gasteiger charge is 2.33. The monoisotopic (exact) mass is 308 g/mol. The first-order valence-corrected chi connectivity index (χ1v) is 7.32. The maximum absolute atomic E-state index is 12.3. The Bertz CT molecular complexity index is 678. The van der Waals surface area contributed by atoms with Crippen molar-refractivity contribution in [1.82, 2.24) is 19.4 Å². The molecule has 8 nitrogen and oxygen atoms in total. The third-order valence-corrected chi connectivity index (χ3v) is 3.91. The Morgan fingerprint density at radius 1 is 1.32 bits per heavy atom. The number of rotatable bonds is 4. The molecule has 0 bridgehead atoms. The molecular formula is C14H20N4O4. The Hall–Kier alpha value is -2.38. The molecule has 0 saturated carbocycles. The molecule has 2 amide bonds. The number of likely N-dealkylation sites (N-methyl/N-ethyl adjacent to an activating group) is 1. The van der Waals surface area contributed by atoms with Crippen LogP contribution >= 0.6 is 0 Å². The van der Waals surface area contributed by atoms with Crippen LogP contribution in [0.2, 0.25) is 0 Å². The number of amides is 2. The van der Waals surface area contributed by atoms with Gasteiger partial charge < -0.3 is 14.4 Å². The molecule has 2 rings (SSSR count). The fourth-order valence-corrected chi connectivity index (χ4v) is 2.56. The number of aromatic nitrogens is 2. The second-order valence-corrected chi connectivity index (χ2v) is 5.23. The molecule has 1 fully saturated rings. The summed E-state index contributed by atoms with van der Waals surface area (Å²) < 4.78 is 1.27. The first-order valence-electron chi connectivity index (χ1n) is 7.32. The van der Waals surface area contributed by atoms with Crippen molar-refractivity contribution in [2.24, 2.45) is 0 Å². The van der Waals surface area contributed by atoms with E-state index in [2.05, 4.69) is 4.98 Å². The van der Waals surface area contributed by atoms with Gasteiger partial charge >= 0.3 is 5.69 Å². The van der Waals surface area contributed by atoms with Gasteiger partial charge in [-0.05, 0) is 13.8 Å². The predicted octanol–water partition coefficient (Wildman–Crippen LogP) is -0.994. The highest BCUT2D eigenvalue weighted by molar-refractivity contribution is 5.88. The Kier molecular flexibility index (Phi) is 4.79. The highest BCUT2D eigenvalue weighted by Crippen LogP contribution is 2.12. The van der Waals surface area contributed by atoms with E-state index in [1.807, 2.05) is 6.92 Å². The van der Waals surface area contributed by atoms with Gasteiger partial charge in [0.2, 0.25) is 11.8 Å². The van der Waals surface area contributed by atoms with Crippen molar-refractivity contribution in [2.45, 2.75) is 32.9 Å². The zero-order valence-corrected chi connectivity index (χ0v) is 12.7. The quantitative estimate of drug-likeness (QED) is 0.772. The van der Waals surface area contributed by atoms with Gasteiger partial charge in [-0.15, -0.1) is 0 Å². The zero-order chi connectivity index (χ0) is 16.3. The lowest BCUT2D eigenvalue weighted by Gasteiger charge is -2.38. The van der Waals surface area contributed by atoms with Gasteiger partial charge in [0.25, 0.3) is 5.56 Å². The molecular weight excluding hydrogens is 288 g/mol. The van der Waals surface area contributed by atoms with Gasteiger partial charge in [0.1, 0.15) is 6.04 Å². The molecule has 2 heterocycles. The summed E-state index contributed by atoms with van der Waals surface area (Å²) in [5.74, 6) is -0.224. The van der Waals surface area contributed by atoms with E-state index in [1.165, 1.54) is 16.8 Å². The summed E-state index contributed by atoms with van der Waals surface area (Å²) in [7, 11) is 0. The molecule has 0 spiro atoms. The van der Waals surface area contributed by atoms with Crippen LogP contribution in [-0.4, -0.2) is 56.8 Å². The van der Waals surface area contributed by atoms with E-state index >= 15 is 0 Å². The minimum absolute atomic E-state index is 0.0525. The summed E-state index contributed by atoms with van der Waals surface area (Å²) in [6.45, 7) is 5.46. The van der Waals surface area contributed by atoms with Crippen molar-refractivity contribution >= 4 is 11.8 Å². The molecule has 1 atom stereocenters. The number of aromatic amines is 1. The molecule has 1 unspecified atom stereocenters. The van der Waals surface area contributed by atoms with Gasteiger partial charge in [0.05, 0.1) is 0 Å². The molecule has 1 aliphatic rings. The van der Waals surface area contributed by atoms with Gasteiger partial charge in [0, 0.05) is 44.9 Å². The third kappa shape index (κ3) is 3.26. The average molecular weight is 308 g/mol. The molecule has 0 aromatic carbocycles. The summed E-state index contributed by atoms with van der Waals surface area (Å²) in [6.07, 6.45) is 1.47. The molecule has 120 valence electrons. The summed E-state index contributed by atoms with van der Waals surface area (Å²) in [5.41, 5.74) is -1.01. The van der Waals surface area contributed by atoms with Gasteiger partial charge in [0.15, 0.2) is 0 Å². The first-order chi connectivity index (χ1) is 10.4.